The van der Waals surface area contributed by atoms with Gasteiger partial charge in [-0.1, -0.05) is 5.16 Å². The van der Waals surface area contributed by atoms with Gasteiger partial charge in [0.2, 0.25) is 0 Å². The number of alkyl halides is 3. The van der Waals surface area contributed by atoms with Crippen LogP contribution in [0, 0.1) is 0 Å². The van der Waals surface area contributed by atoms with E-state index in [9.17, 15) is 18.0 Å². The van der Waals surface area contributed by atoms with Gasteiger partial charge >= 0.3 is 12.1 Å². The van der Waals surface area contributed by atoms with Gasteiger partial charge in [-0.2, -0.15) is 18.3 Å². The van der Waals surface area contributed by atoms with Crippen LogP contribution in [0.25, 0.3) is 11.3 Å². The number of hydrogen-bond donors (Lipinski definition) is 2. The Labute approximate surface area is 91.0 Å². The Morgan fingerprint density at radius 2 is 2.18 bits per heavy atom. The molecule has 6 nitrogen and oxygen atoms in total. The third kappa shape index (κ3) is 1.98. The number of carbonyl (C=O) groups is 1. The Hall–Kier alpha value is -2.32. The van der Waals surface area contributed by atoms with E-state index < -0.39 is 29.1 Å². The molecule has 9 heteroatoms. The minimum Gasteiger partial charge on any atom is -0.476 e. The van der Waals surface area contributed by atoms with Crippen molar-refractivity contribution in [3.8, 4) is 11.3 Å². The van der Waals surface area contributed by atoms with Crippen LogP contribution in [-0.2, 0) is 6.18 Å². The van der Waals surface area contributed by atoms with E-state index in [0.717, 1.165) is 12.3 Å². The molecule has 0 aliphatic rings. The van der Waals surface area contributed by atoms with Crippen molar-refractivity contribution in [1.82, 2.24) is 15.4 Å². The molecule has 0 atom stereocenters. The number of carboxylic acid groups (broad SMARTS) is 1. The highest BCUT2D eigenvalue weighted by atomic mass is 19.4. The van der Waals surface area contributed by atoms with Gasteiger partial charge in [-0.05, 0) is 0 Å². The quantitative estimate of drug-likeness (QED) is 0.843. The molecule has 17 heavy (non-hydrogen) atoms. The number of aromatic nitrogens is 3. The molecular formula is C8H4F3N3O3. The number of aromatic amines is 1. The fraction of sp³-hybridized carbons (Fsp3) is 0.125. The summed E-state index contributed by atoms with van der Waals surface area (Å²) in [4.78, 5) is 10.5. The van der Waals surface area contributed by atoms with Gasteiger partial charge in [0, 0.05) is 6.07 Å². The zero-order chi connectivity index (χ0) is 12.6. The molecule has 0 unspecified atom stereocenters. The molecule has 0 amide bonds. The number of H-pyrrole nitrogens is 1. The molecule has 0 spiro atoms. The second-order valence-electron chi connectivity index (χ2n) is 3.04. The molecule has 2 rings (SSSR count). The average Bonchev–Trinajstić information content (AvgIpc) is 2.85. The first-order valence-corrected chi connectivity index (χ1v) is 4.20. The largest absolute Gasteiger partial charge is 0.476 e. The normalized spacial score (nSPS) is 11.7. The Bertz CT molecular complexity index is 558. The van der Waals surface area contributed by atoms with Crippen molar-refractivity contribution >= 4 is 5.97 Å². The van der Waals surface area contributed by atoms with Gasteiger partial charge in [0.05, 0.1) is 11.8 Å². The van der Waals surface area contributed by atoms with E-state index in [1.54, 1.807) is 5.10 Å². The van der Waals surface area contributed by atoms with Crippen molar-refractivity contribution < 1.29 is 27.6 Å². The van der Waals surface area contributed by atoms with E-state index in [2.05, 4.69) is 14.8 Å². The summed E-state index contributed by atoms with van der Waals surface area (Å²) < 4.78 is 42.0. The van der Waals surface area contributed by atoms with Gasteiger partial charge in [-0.3, -0.25) is 5.10 Å². The fourth-order valence-electron chi connectivity index (χ4n) is 1.19. The molecule has 0 aliphatic carbocycles. The molecular weight excluding hydrogens is 243 g/mol. The maximum absolute atomic E-state index is 12.5. The molecule has 0 aliphatic heterocycles. The van der Waals surface area contributed by atoms with Crippen molar-refractivity contribution in [1.29, 1.82) is 0 Å². The van der Waals surface area contributed by atoms with Crippen LogP contribution in [-0.4, -0.2) is 26.4 Å². The van der Waals surface area contributed by atoms with Gasteiger partial charge in [-0.25, -0.2) is 4.79 Å². The van der Waals surface area contributed by atoms with E-state index in [4.69, 9.17) is 5.11 Å². The van der Waals surface area contributed by atoms with Crippen molar-refractivity contribution in [3.05, 3.63) is 23.7 Å². The summed E-state index contributed by atoms with van der Waals surface area (Å²) >= 11 is 0. The number of halogens is 3. The van der Waals surface area contributed by atoms with Gasteiger partial charge in [0.1, 0.15) is 0 Å². The summed E-state index contributed by atoms with van der Waals surface area (Å²) in [7, 11) is 0. The van der Waals surface area contributed by atoms with Crippen molar-refractivity contribution in [3.63, 3.8) is 0 Å². The molecule has 2 aromatic rings. The second kappa shape index (κ2) is 3.61. The molecule has 0 saturated carbocycles. The van der Waals surface area contributed by atoms with Gasteiger partial charge in [-0.15, -0.1) is 0 Å². The second-order valence-corrected chi connectivity index (χ2v) is 3.04. The summed E-state index contributed by atoms with van der Waals surface area (Å²) in [6, 6.07) is 0.891. The highest BCUT2D eigenvalue weighted by Crippen LogP contribution is 2.35. The molecule has 0 aromatic carbocycles. The summed E-state index contributed by atoms with van der Waals surface area (Å²) in [5, 5.41) is 16.7. The van der Waals surface area contributed by atoms with Gasteiger partial charge < -0.3 is 9.63 Å². The molecule has 0 saturated heterocycles. The van der Waals surface area contributed by atoms with Crippen molar-refractivity contribution in [2.45, 2.75) is 6.18 Å². The number of aromatic carboxylic acids is 1. The van der Waals surface area contributed by atoms with E-state index in [0.29, 0.717) is 0 Å². The smallest absolute Gasteiger partial charge is 0.433 e. The van der Waals surface area contributed by atoms with Crippen LogP contribution in [0.3, 0.4) is 0 Å². The molecule has 2 heterocycles. The highest BCUT2D eigenvalue weighted by Gasteiger charge is 2.37. The molecule has 2 aromatic heterocycles. The van der Waals surface area contributed by atoms with Crippen LogP contribution < -0.4 is 0 Å². The van der Waals surface area contributed by atoms with Crippen LogP contribution in [0.2, 0.25) is 0 Å². The van der Waals surface area contributed by atoms with E-state index in [1.165, 1.54) is 0 Å². The first kappa shape index (κ1) is 11.2. The third-order valence-corrected chi connectivity index (χ3v) is 1.92. The summed E-state index contributed by atoms with van der Waals surface area (Å²) in [5.41, 5.74) is -1.99. The predicted molar refractivity (Wildman–Crippen MR) is 46.0 cm³/mol. The zero-order valence-corrected chi connectivity index (χ0v) is 7.95. The molecule has 90 valence electrons. The number of carboxylic acids is 1. The highest BCUT2D eigenvalue weighted by molar-refractivity contribution is 5.86. The molecule has 0 radical (unpaired) electrons. The first-order valence-electron chi connectivity index (χ1n) is 4.20. The standard InChI is InChI=1S/C8H4F3N3O3/c9-8(10,11)6-3(2-12-13-6)5-1-4(7(15)16)14-17-5/h1-2H,(H,12,13)(H,15,16). The Morgan fingerprint density at radius 3 is 2.71 bits per heavy atom. The number of rotatable bonds is 2. The lowest BCUT2D eigenvalue weighted by atomic mass is 10.2. The van der Waals surface area contributed by atoms with Crippen LogP contribution in [0.1, 0.15) is 16.2 Å². The lowest BCUT2D eigenvalue weighted by Gasteiger charge is -2.03. The number of nitrogens with one attached hydrogen (secondary N) is 1. The lowest BCUT2D eigenvalue weighted by Crippen LogP contribution is -2.07. The van der Waals surface area contributed by atoms with E-state index in [-0.39, 0.29) is 5.76 Å². The molecule has 0 bridgehead atoms. The van der Waals surface area contributed by atoms with Gasteiger partial charge in [0.25, 0.3) is 0 Å². The summed E-state index contributed by atoms with van der Waals surface area (Å²) in [6.45, 7) is 0. The third-order valence-electron chi connectivity index (χ3n) is 1.92. The predicted octanol–water partition coefficient (Wildman–Crippen LogP) is 1.78. The van der Waals surface area contributed by atoms with Crippen molar-refractivity contribution in [2.75, 3.05) is 0 Å². The maximum atomic E-state index is 12.5. The lowest BCUT2D eigenvalue weighted by molar-refractivity contribution is -0.140. The SMILES string of the molecule is O=C(O)c1cc(-c2cn[nH]c2C(F)(F)F)on1. The van der Waals surface area contributed by atoms with Crippen LogP contribution >= 0.6 is 0 Å². The Balaban J connectivity index is 2.47. The fourth-order valence-corrected chi connectivity index (χ4v) is 1.19. The monoisotopic (exact) mass is 247 g/mol. The van der Waals surface area contributed by atoms with Crippen LogP contribution in [0.5, 0.6) is 0 Å². The number of hydrogen-bond acceptors (Lipinski definition) is 4. The Morgan fingerprint density at radius 1 is 1.47 bits per heavy atom. The van der Waals surface area contributed by atoms with E-state index >= 15 is 0 Å². The maximum Gasteiger partial charge on any atom is 0.433 e. The van der Waals surface area contributed by atoms with Crippen LogP contribution in [0.4, 0.5) is 13.2 Å². The zero-order valence-electron chi connectivity index (χ0n) is 7.95. The first-order chi connectivity index (χ1) is 7.89. The average molecular weight is 247 g/mol. The molecule has 0 fully saturated rings. The minimum absolute atomic E-state index is 0.316. The van der Waals surface area contributed by atoms with Gasteiger partial charge in [0.15, 0.2) is 17.1 Å². The summed E-state index contributed by atoms with van der Waals surface area (Å²) in [5.74, 6) is -1.71. The summed E-state index contributed by atoms with van der Waals surface area (Å²) in [6.07, 6.45) is -3.75. The molecule has 2 N–H and O–H groups in total. The topological polar surface area (TPSA) is 92.0 Å². The van der Waals surface area contributed by atoms with Crippen molar-refractivity contribution in [2.24, 2.45) is 0 Å². The minimum atomic E-state index is -4.64. The number of nitrogens with zero attached hydrogens (tertiary/aromatic N) is 2. The van der Waals surface area contributed by atoms with Crippen LogP contribution in [0.15, 0.2) is 16.8 Å². The van der Waals surface area contributed by atoms with E-state index in [1.807, 2.05) is 0 Å². The Kier molecular flexibility index (Phi) is 2.37.